The summed E-state index contributed by atoms with van der Waals surface area (Å²) in [5, 5.41) is 4.26. The van der Waals surface area contributed by atoms with Crippen LogP contribution in [0, 0.1) is 5.92 Å². The smallest absolute Gasteiger partial charge is 0.231 e. The van der Waals surface area contributed by atoms with E-state index in [0.717, 1.165) is 23.6 Å². The number of para-hydroxylation sites is 1. The Balaban J connectivity index is 1.75. The highest BCUT2D eigenvalue weighted by atomic mass is 16.7. The van der Waals surface area contributed by atoms with Gasteiger partial charge in [0, 0.05) is 42.5 Å². The lowest BCUT2D eigenvalue weighted by Crippen LogP contribution is -2.28. The first-order chi connectivity index (χ1) is 14.1. The minimum Gasteiger partial charge on any atom is -0.454 e. The number of fused-ring (bicyclic) bond motifs is 2. The van der Waals surface area contributed by atoms with Gasteiger partial charge in [-0.25, -0.2) is 0 Å². The molecule has 1 aliphatic heterocycles. The molecule has 1 N–H and O–H groups in total. The van der Waals surface area contributed by atoms with Crippen molar-refractivity contribution in [2.75, 3.05) is 13.3 Å². The first kappa shape index (κ1) is 19.4. The van der Waals surface area contributed by atoms with E-state index in [1.165, 1.54) is 16.5 Å². The average molecular weight is 392 g/mol. The Morgan fingerprint density at radius 1 is 1.14 bits per heavy atom. The molecule has 0 saturated carbocycles. The van der Waals surface area contributed by atoms with Gasteiger partial charge in [0.05, 0.1) is 0 Å². The van der Waals surface area contributed by atoms with Crippen molar-refractivity contribution < 1.29 is 14.3 Å². The lowest BCUT2D eigenvalue weighted by atomic mass is 9.87. The molecule has 0 unspecified atom stereocenters. The van der Waals surface area contributed by atoms with Gasteiger partial charge in [0.15, 0.2) is 11.5 Å². The second-order valence-electron chi connectivity index (χ2n) is 7.95. The van der Waals surface area contributed by atoms with Crippen molar-refractivity contribution >= 4 is 16.8 Å². The number of nitrogens with one attached hydrogen (secondary N) is 1. The minimum absolute atomic E-state index is 0.0608. The highest BCUT2D eigenvalue weighted by molar-refractivity contribution is 5.86. The van der Waals surface area contributed by atoms with E-state index in [4.69, 9.17) is 9.47 Å². The van der Waals surface area contributed by atoms with E-state index in [2.05, 4.69) is 61.1 Å². The molecule has 0 radical (unpaired) electrons. The van der Waals surface area contributed by atoms with E-state index < -0.39 is 0 Å². The molecule has 2 heterocycles. The summed E-state index contributed by atoms with van der Waals surface area (Å²) in [5.74, 6) is 1.93. The Hall–Kier alpha value is -2.95. The van der Waals surface area contributed by atoms with E-state index >= 15 is 0 Å². The third kappa shape index (κ3) is 3.95. The molecule has 3 aromatic rings. The molecule has 0 spiro atoms. The third-order valence-electron chi connectivity index (χ3n) is 5.43. The number of nitrogens with zero attached hydrogens (tertiary/aromatic N) is 1. The van der Waals surface area contributed by atoms with Crippen molar-refractivity contribution in [3.05, 3.63) is 59.8 Å². The minimum atomic E-state index is -0.0608. The Morgan fingerprint density at radius 2 is 1.93 bits per heavy atom. The molecule has 4 rings (SSSR count). The second-order valence-corrected chi connectivity index (χ2v) is 7.95. The molecule has 0 fully saturated rings. The van der Waals surface area contributed by atoms with Crippen LogP contribution in [0.5, 0.6) is 11.5 Å². The summed E-state index contributed by atoms with van der Waals surface area (Å²) in [4.78, 5) is 12.8. The molecule has 5 nitrogen and oxygen atoms in total. The topological polar surface area (TPSA) is 52.5 Å². The number of ether oxygens (including phenoxy) is 2. The second kappa shape index (κ2) is 8.19. The maximum atomic E-state index is 12.8. The molecule has 1 atom stereocenters. The SMILES string of the molecule is CCn1cc([C@@H](CC(=O)NCC(C)C)c2ccc3c(c2)OCO3)c2ccccc21. The molecule has 0 aliphatic carbocycles. The first-order valence-corrected chi connectivity index (χ1v) is 10.3. The van der Waals surface area contributed by atoms with Gasteiger partial charge >= 0.3 is 0 Å². The summed E-state index contributed by atoms with van der Waals surface area (Å²) >= 11 is 0. The number of aromatic nitrogens is 1. The Morgan fingerprint density at radius 3 is 2.72 bits per heavy atom. The highest BCUT2D eigenvalue weighted by Crippen LogP contribution is 2.40. The van der Waals surface area contributed by atoms with Crippen molar-refractivity contribution in [2.24, 2.45) is 5.92 Å². The summed E-state index contributed by atoms with van der Waals surface area (Å²) in [5.41, 5.74) is 3.42. The lowest BCUT2D eigenvalue weighted by Gasteiger charge is -2.18. The summed E-state index contributed by atoms with van der Waals surface area (Å²) in [6.07, 6.45) is 2.58. The van der Waals surface area contributed by atoms with Crippen LogP contribution in [-0.2, 0) is 11.3 Å². The van der Waals surface area contributed by atoms with Gasteiger partial charge in [-0.3, -0.25) is 4.79 Å². The van der Waals surface area contributed by atoms with Gasteiger partial charge in [-0.15, -0.1) is 0 Å². The molecule has 1 amide bonds. The van der Waals surface area contributed by atoms with Crippen molar-refractivity contribution in [1.82, 2.24) is 9.88 Å². The predicted octanol–water partition coefficient (Wildman–Crippen LogP) is 4.68. The van der Waals surface area contributed by atoms with Crippen LogP contribution in [0.15, 0.2) is 48.7 Å². The first-order valence-electron chi connectivity index (χ1n) is 10.3. The van der Waals surface area contributed by atoms with Crippen molar-refractivity contribution in [3.8, 4) is 11.5 Å². The standard InChI is InChI=1S/C24H28N2O3/c1-4-26-14-20(18-7-5-6-8-21(18)26)19(12-24(27)25-13-16(2)3)17-9-10-22-23(11-17)29-15-28-22/h5-11,14,16,19H,4,12-13,15H2,1-3H3,(H,25,27)/t19-/m0/s1. The fraction of sp³-hybridized carbons (Fsp3) is 0.375. The zero-order valence-corrected chi connectivity index (χ0v) is 17.3. The average Bonchev–Trinajstić information content (AvgIpc) is 3.34. The molecular weight excluding hydrogens is 364 g/mol. The number of hydrogen-bond donors (Lipinski definition) is 1. The largest absolute Gasteiger partial charge is 0.454 e. The van der Waals surface area contributed by atoms with Gasteiger partial charge < -0.3 is 19.4 Å². The lowest BCUT2D eigenvalue weighted by molar-refractivity contribution is -0.121. The van der Waals surface area contributed by atoms with Crippen LogP contribution in [-0.4, -0.2) is 23.8 Å². The van der Waals surface area contributed by atoms with Crippen LogP contribution in [0.2, 0.25) is 0 Å². The van der Waals surface area contributed by atoms with Crippen LogP contribution in [0.1, 0.15) is 44.2 Å². The summed E-state index contributed by atoms with van der Waals surface area (Å²) in [6.45, 7) is 8.15. The molecular formula is C24H28N2O3. The quantitative estimate of drug-likeness (QED) is 0.635. The number of hydrogen-bond acceptors (Lipinski definition) is 3. The molecule has 0 bridgehead atoms. The molecule has 1 aliphatic rings. The van der Waals surface area contributed by atoms with E-state index in [9.17, 15) is 4.79 Å². The summed E-state index contributed by atoms with van der Waals surface area (Å²) < 4.78 is 13.3. The summed E-state index contributed by atoms with van der Waals surface area (Å²) in [6, 6.07) is 14.4. The predicted molar refractivity (Wildman–Crippen MR) is 114 cm³/mol. The van der Waals surface area contributed by atoms with E-state index in [0.29, 0.717) is 18.9 Å². The number of carbonyl (C=O) groups is 1. The Labute approximate surface area is 171 Å². The number of amides is 1. The molecule has 1 aromatic heterocycles. The fourth-order valence-electron chi connectivity index (χ4n) is 3.93. The van der Waals surface area contributed by atoms with Crippen molar-refractivity contribution in [1.29, 1.82) is 0 Å². The molecule has 152 valence electrons. The number of aryl methyl sites for hydroxylation is 1. The molecule has 5 heteroatoms. The number of benzene rings is 2. The van der Waals surface area contributed by atoms with Crippen LogP contribution in [0.4, 0.5) is 0 Å². The number of carbonyl (C=O) groups excluding carboxylic acids is 1. The van der Waals surface area contributed by atoms with Crippen LogP contribution >= 0.6 is 0 Å². The Bertz CT molecular complexity index is 1020. The van der Waals surface area contributed by atoms with Crippen molar-refractivity contribution in [3.63, 3.8) is 0 Å². The maximum Gasteiger partial charge on any atom is 0.231 e. The van der Waals surface area contributed by atoms with Gasteiger partial charge in [-0.05, 0) is 42.2 Å². The van der Waals surface area contributed by atoms with Gasteiger partial charge in [0.2, 0.25) is 12.7 Å². The number of rotatable bonds is 7. The molecule has 29 heavy (non-hydrogen) atoms. The van der Waals surface area contributed by atoms with Crippen LogP contribution in [0.3, 0.4) is 0 Å². The zero-order chi connectivity index (χ0) is 20.4. The van der Waals surface area contributed by atoms with Gasteiger partial charge in [0.1, 0.15) is 0 Å². The van der Waals surface area contributed by atoms with Crippen molar-refractivity contribution in [2.45, 2.75) is 39.7 Å². The van der Waals surface area contributed by atoms with Gasteiger partial charge in [-0.1, -0.05) is 38.1 Å². The van der Waals surface area contributed by atoms with E-state index in [1.807, 2.05) is 18.2 Å². The molecule has 0 saturated heterocycles. The van der Waals surface area contributed by atoms with E-state index in [-0.39, 0.29) is 18.6 Å². The third-order valence-corrected chi connectivity index (χ3v) is 5.43. The highest BCUT2D eigenvalue weighted by Gasteiger charge is 2.25. The van der Waals surface area contributed by atoms with Crippen LogP contribution < -0.4 is 14.8 Å². The zero-order valence-electron chi connectivity index (χ0n) is 17.3. The normalized spacial score (nSPS) is 13.8. The maximum absolute atomic E-state index is 12.8. The Kier molecular flexibility index (Phi) is 5.47. The van der Waals surface area contributed by atoms with Gasteiger partial charge in [0.25, 0.3) is 0 Å². The fourth-order valence-corrected chi connectivity index (χ4v) is 3.93. The van der Waals surface area contributed by atoms with E-state index in [1.54, 1.807) is 0 Å². The monoisotopic (exact) mass is 392 g/mol. The van der Waals surface area contributed by atoms with Gasteiger partial charge in [-0.2, -0.15) is 0 Å². The summed E-state index contributed by atoms with van der Waals surface area (Å²) in [7, 11) is 0. The van der Waals surface area contributed by atoms with Crippen LogP contribution in [0.25, 0.3) is 10.9 Å². The molecule has 2 aromatic carbocycles.